The summed E-state index contributed by atoms with van der Waals surface area (Å²) in [7, 11) is 6.07. The molecule has 0 spiro atoms. The molecule has 4 nitrogen and oxygen atoms in total. The lowest BCUT2D eigenvalue weighted by molar-refractivity contribution is 0.256. The van der Waals surface area contributed by atoms with Crippen LogP contribution in [-0.2, 0) is 6.54 Å². The molecule has 0 bridgehead atoms. The Kier molecular flexibility index (Phi) is 7.30. The molecule has 0 aliphatic rings. The van der Waals surface area contributed by atoms with Gasteiger partial charge >= 0.3 is 0 Å². The van der Waals surface area contributed by atoms with Crippen LogP contribution in [0.5, 0.6) is 11.5 Å². The maximum absolute atomic E-state index is 5.93. The molecule has 0 unspecified atom stereocenters. The molecule has 0 saturated carbocycles. The van der Waals surface area contributed by atoms with Gasteiger partial charge in [-0.3, -0.25) is 0 Å². The van der Waals surface area contributed by atoms with E-state index in [1.54, 1.807) is 0 Å². The fraction of sp³-hybridized carbons (Fsp3) is 0.600. The lowest BCUT2D eigenvalue weighted by atomic mass is 10.2. The van der Waals surface area contributed by atoms with E-state index in [4.69, 9.17) is 9.47 Å². The van der Waals surface area contributed by atoms with Gasteiger partial charge in [0.1, 0.15) is 0 Å². The molecule has 108 valence electrons. The zero-order chi connectivity index (χ0) is 14.1. The van der Waals surface area contributed by atoms with Crippen LogP contribution >= 0.6 is 0 Å². The molecule has 1 aromatic carbocycles. The quantitative estimate of drug-likeness (QED) is 0.694. The van der Waals surface area contributed by atoms with Gasteiger partial charge in [0.15, 0.2) is 11.5 Å². The van der Waals surface area contributed by atoms with Crippen molar-refractivity contribution < 1.29 is 9.47 Å². The van der Waals surface area contributed by atoms with E-state index in [0.717, 1.165) is 36.6 Å². The van der Waals surface area contributed by atoms with Crippen LogP contribution in [0.15, 0.2) is 18.2 Å². The summed E-state index contributed by atoms with van der Waals surface area (Å²) in [5, 5.41) is 3.16. The van der Waals surface area contributed by atoms with Crippen LogP contribution in [0.1, 0.15) is 18.9 Å². The number of hydrogen-bond donors (Lipinski definition) is 1. The second-order valence-electron chi connectivity index (χ2n) is 4.71. The Morgan fingerprint density at radius 3 is 2.63 bits per heavy atom. The normalized spacial score (nSPS) is 10.8. The van der Waals surface area contributed by atoms with Crippen molar-refractivity contribution in [1.29, 1.82) is 0 Å². The zero-order valence-corrected chi connectivity index (χ0v) is 12.5. The van der Waals surface area contributed by atoms with Gasteiger partial charge in [-0.25, -0.2) is 0 Å². The molecule has 0 aromatic heterocycles. The van der Waals surface area contributed by atoms with Gasteiger partial charge in [-0.1, -0.05) is 12.1 Å². The van der Waals surface area contributed by atoms with Crippen molar-refractivity contribution in [2.24, 2.45) is 0 Å². The van der Waals surface area contributed by atoms with Crippen molar-refractivity contribution in [3.05, 3.63) is 23.8 Å². The van der Waals surface area contributed by atoms with Gasteiger partial charge in [0.2, 0.25) is 0 Å². The zero-order valence-electron chi connectivity index (χ0n) is 12.5. The first-order valence-corrected chi connectivity index (χ1v) is 6.85. The average molecular weight is 266 g/mol. The fourth-order valence-corrected chi connectivity index (χ4v) is 1.88. The molecule has 4 heteroatoms. The molecule has 0 fully saturated rings. The predicted octanol–water partition coefficient (Wildman–Crippen LogP) is 2.14. The monoisotopic (exact) mass is 266 g/mol. The van der Waals surface area contributed by atoms with Gasteiger partial charge in [-0.2, -0.15) is 0 Å². The summed E-state index contributed by atoms with van der Waals surface area (Å²) >= 11 is 0. The highest BCUT2D eigenvalue weighted by atomic mass is 16.5. The van der Waals surface area contributed by atoms with Gasteiger partial charge in [0.05, 0.1) is 13.2 Å². The molecular weight excluding hydrogens is 240 g/mol. The highest BCUT2D eigenvalue weighted by molar-refractivity contribution is 5.46. The van der Waals surface area contributed by atoms with Crippen molar-refractivity contribution >= 4 is 0 Å². The molecule has 0 amide bonds. The minimum atomic E-state index is 0.650. The first-order valence-electron chi connectivity index (χ1n) is 6.85. The van der Waals surface area contributed by atoms with Crippen LogP contribution < -0.4 is 14.8 Å². The van der Waals surface area contributed by atoms with Gasteiger partial charge in [0.25, 0.3) is 0 Å². The largest absolute Gasteiger partial charge is 0.490 e. The summed E-state index contributed by atoms with van der Waals surface area (Å²) in [6, 6.07) is 6.04. The summed E-state index contributed by atoms with van der Waals surface area (Å²) in [6.45, 7) is 5.15. The first-order chi connectivity index (χ1) is 9.19. The van der Waals surface area contributed by atoms with Crippen LogP contribution in [0.25, 0.3) is 0 Å². The van der Waals surface area contributed by atoms with Gasteiger partial charge in [-0.15, -0.1) is 0 Å². The van der Waals surface area contributed by atoms with Crippen LogP contribution in [0.3, 0.4) is 0 Å². The van der Waals surface area contributed by atoms with E-state index in [9.17, 15) is 0 Å². The molecule has 0 atom stereocenters. The number of ether oxygens (including phenoxy) is 2. The number of nitrogens with one attached hydrogen (secondary N) is 1. The van der Waals surface area contributed by atoms with Gasteiger partial charge in [-0.05, 0) is 40.6 Å². The molecule has 1 aromatic rings. The molecule has 0 aliphatic heterocycles. The van der Waals surface area contributed by atoms with Gasteiger partial charge in [0, 0.05) is 18.7 Å². The highest BCUT2D eigenvalue weighted by Gasteiger charge is 2.10. The predicted molar refractivity (Wildman–Crippen MR) is 79.0 cm³/mol. The van der Waals surface area contributed by atoms with Crippen molar-refractivity contribution in [1.82, 2.24) is 10.2 Å². The van der Waals surface area contributed by atoms with Crippen LogP contribution in [-0.4, -0.2) is 45.8 Å². The van der Waals surface area contributed by atoms with Crippen molar-refractivity contribution in [3.8, 4) is 11.5 Å². The molecule has 0 aliphatic carbocycles. The summed E-state index contributed by atoms with van der Waals surface area (Å²) in [4.78, 5) is 2.16. The molecule has 0 heterocycles. The summed E-state index contributed by atoms with van der Waals surface area (Å²) in [5.74, 6) is 1.71. The number of rotatable bonds is 9. The Hall–Kier alpha value is -1.26. The Labute approximate surface area is 116 Å². The van der Waals surface area contributed by atoms with E-state index >= 15 is 0 Å². The highest BCUT2D eigenvalue weighted by Crippen LogP contribution is 2.31. The lowest BCUT2D eigenvalue weighted by Gasteiger charge is -2.16. The Bertz CT molecular complexity index is 343. The molecule has 0 radical (unpaired) electrons. The number of para-hydroxylation sites is 1. The summed E-state index contributed by atoms with van der Waals surface area (Å²) in [6.07, 6.45) is 1.01. The Morgan fingerprint density at radius 1 is 1.21 bits per heavy atom. The minimum Gasteiger partial charge on any atom is -0.490 e. The van der Waals surface area contributed by atoms with Crippen LogP contribution in [0.4, 0.5) is 0 Å². The average Bonchev–Trinajstić information content (AvgIpc) is 2.37. The fourth-order valence-electron chi connectivity index (χ4n) is 1.88. The summed E-state index contributed by atoms with van der Waals surface area (Å²) < 4.78 is 11.6. The third kappa shape index (κ3) is 5.49. The second-order valence-corrected chi connectivity index (χ2v) is 4.71. The van der Waals surface area contributed by atoms with Crippen molar-refractivity contribution in [2.45, 2.75) is 19.9 Å². The third-order valence-electron chi connectivity index (χ3n) is 2.72. The van der Waals surface area contributed by atoms with E-state index in [1.165, 1.54) is 0 Å². The Balaban J connectivity index is 2.70. The smallest absolute Gasteiger partial charge is 0.165 e. The SMILES string of the molecule is CCOc1cccc(CNC)c1OCCCN(C)C. The maximum Gasteiger partial charge on any atom is 0.165 e. The van der Waals surface area contributed by atoms with Crippen LogP contribution in [0.2, 0.25) is 0 Å². The molecule has 19 heavy (non-hydrogen) atoms. The van der Waals surface area contributed by atoms with E-state index in [2.05, 4.69) is 30.4 Å². The van der Waals surface area contributed by atoms with Crippen LogP contribution in [0, 0.1) is 0 Å². The first kappa shape index (κ1) is 15.8. The number of nitrogens with zero attached hydrogens (tertiary/aromatic N) is 1. The second kappa shape index (κ2) is 8.77. The van der Waals surface area contributed by atoms with E-state index in [-0.39, 0.29) is 0 Å². The maximum atomic E-state index is 5.93. The lowest BCUT2D eigenvalue weighted by Crippen LogP contribution is -2.16. The summed E-state index contributed by atoms with van der Waals surface area (Å²) in [5.41, 5.74) is 1.14. The molecule has 0 saturated heterocycles. The van der Waals surface area contributed by atoms with E-state index in [1.807, 2.05) is 26.1 Å². The Morgan fingerprint density at radius 2 is 2.00 bits per heavy atom. The van der Waals surface area contributed by atoms with E-state index < -0.39 is 0 Å². The molecule has 1 rings (SSSR count). The number of benzene rings is 1. The molecular formula is C15H26N2O2. The van der Waals surface area contributed by atoms with Crippen molar-refractivity contribution in [3.63, 3.8) is 0 Å². The van der Waals surface area contributed by atoms with Crippen molar-refractivity contribution in [2.75, 3.05) is 40.9 Å². The van der Waals surface area contributed by atoms with Gasteiger partial charge < -0.3 is 19.7 Å². The molecule has 1 N–H and O–H groups in total. The van der Waals surface area contributed by atoms with E-state index in [0.29, 0.717) is 13.2 Å². The number of hydrogen-bond acceptors (Lipinski definition) is 4. The topological polar surface area (TPSA) is 33.7 Å². The minimum absolute atomic E-state index is 0.650. The third-order valence-corrected chi connectivity index (χ3v) is 2.72. The standard InChI is InChI=1S/C15H26N2O2/c1-5-18-14-9-6-8-13(12-16-2)15(14)19-11-7-10-17(3)4/h6,8-9,16H,5,7,10-12H2,1-4H3.